The molecule has 0 bridgehead atoms. The summed E-state index contributed by atoms with van der Waals surface area (Å²) < 4.78 is 5.14. The Hall–Kier alpha value is -1.34. The molecule has 0 radical (unpaired) electrons. The van der Waals surface area contributed by atoms with E-state index in [1.807, 2.05) is 20.8 Å². The van der Waals surface area contributed by atoms with Gasteiger partial charge in [0.05, 0.1) is 0 Å². The molecule has 0 aromatic rings. The standard InChI is InChI=1S/C11H22N4O3/c1-11(2,3)18-10(17)14-15-6-4-8(5-7-15)9(16)13-12/h8H,4-7,12H2,1-3H3,(H,13,16)(H,14,17). The summed E-state index contributed by atoms with van der Waals surface area (Å²) in [6.07, 6.45) is 0.863. The quantitative estimate of drug-likeness (QED) is 0.371. The van der Waals surface area contributed by atoms with Gasteiger partial charge in [0.15, 0.2) is 0 Å². The minimum atomic E-state index is -0.512. The fourth-order valence-corrected chi connectivity index (χ4v) is 1.80. The largest absolute Gasteiger partial charge is 0.443 e. The molecular weight excluding hydrogens is 236 g/mol. The van der Waals surface area contributed by atoms with Crippen molar-refractivity contribution in [2.75, 3.05) is 13.1 Å². The van der Waals surface area contributed by atoms with Crippen molar-refractivity contribution < 1.29 is 14.3 Å². The number of ether oxygens (including phenoxy) is 1. The van der Waals surface area contributed by atoms with Gasteiger partial charge in [-0.3, -0.25) is 15.6 Å². The van der Waals surface area contributed by atoms with Crippen LogP contribution >= 0.6 is 0 Å². The molecule has 0 spiro atoms. The van der Waals surface area contributed by atoms with Crippen molar-refractivity contribution in [3.63, 3.8) is 0 Å². The zero-order valence-electron chi connectivity index (χ0n) is 11.2. The summed E-state index contributed by atoms with van der Waals surface area (Å²) in [4.78, 5) is 22.8. The maximum atomic E-state index is 11.5. The number of carbonyl (C=O) groups excluding carboxylic acids is 2. The lowest BCUT2D eigenvalue weighted by Gasteiger charge is -2.31. The smallest absolute Gasteiger partial charge is 0.422 e. The van der Waals surface area contributed by atoms with Crippen molar-refractivity contribution in [3.05, 3.63) is 0 Å². The molecule has 104 valence electrons. The number of rotatable bonds is 2. The van der Waals surface area contributed by atoms with Crippen LogP contribution in [0.25, 0.3) is 0 Å². The van der Waals surface area contributed by atoms with E-state index in [9.17, 15) is 9.59 Å². The second-order valence-electron chi connectivity index (χ2n) is 5.38. The summed E-state index contributed by atoms with van der Waals surface area (Å²) in [6.45, 7) is 6.65. The first-order chi connectivity index (χ1) is 8.31. The molecule has 7 heteroatoms. The van der Waals surface area contributed by atoms with Gasteiger partial charge < -0.3 is 4.74 Å². The third-order valence-electron chi connectivity index (χ3n) is 2.66. The Balaban J connectivity index is 2.31. The van der Waals surface area contributed by atoms with Crippen molar-refractivity contribution in [1.82, 2.24) is 15.9 Å². The Morgan fingerprint density at radius 3 is 2.28 bits per heavy atom. The second-order valence-corrected chi connectivity index (χ2v) is 5.38. The number of nitrogens with zero attached hydrogens (tertiary/aromatic N) is 1. The van der Waals surface area contributed by atoms with E-state index in [2.05, 4.69) is 10.9 Å². The van der Waals surface area contributed by atoms with Gasteiger partial charge in [-0.15, -0.1) is 0 Å². The zero-order chi connectivity index (χ0) is 13.8. The third kappa shape index (κ3) is 4.89. The number of piperidine rings is 1. The van der Waals surface area contributed by atoms with E-state index in [4.69, 9.17) is 10.6 Å². The SMILES string of the molecule is CC(C)(C)OC(=O)NN1CCC(C(=O)NN)CC1. The Kier molecular flexibility index (Phi) is 4.92. The molecule has 1 saturated heterocycles. The number of hydrazine groups is 2. The molecule has 0 atom stereocenters. The summed E-state index contributed by atoms with van der Waals surface area (Å²) in [7, 11) is 0. The lowest BCUT2D eigenvalue weighted by molar-refractivity contribution is -0.126. The summed E-state index contributed by atoms with van der Waals surface area (Å²) in [5.41, 5.74) is 4.30. The number of hydrogen-bond acceptors (Lipinski definition) is 5. The third-order valence-corrected chi connectivity index (χ3v) is 2.66. The lowest BCUT2D eigenvalue weighted by atomic mass is 9.97. The van der Waals surface area contributed by atoms with Crippen molar-refractivity contribution in [3.8, 4) is 0 Å². The molecule has 4 N–H and O–H groups in total. The number of hydrogen-bond donors (Lipinski definition) is 3. The van der Waals surface area contributed by atoms with Crippen LogP contribution in [0.15, 0.2) is 0 Å². The molecule has 1 aliphatic heterocycles. The van der Waals surface area contributed by atoms with E-state index < -0.39 is 11.7 Å². The van der Waals surface area contributed by atoms with E-state index >= 15 is 0 Å². The Bertz CT molecular complexity index is 306. The van der Waals surface area contributed by atoms with Crippen LogP contribution < -0.4 is 16.7 Å². The minimum absolute atomic E-state index is 0.0771. The summed E-state index contributed by atoms with van der Waals surface area (Å²) in [5.74, 6) is 4.86. The molecule has 0 aliphatic carbocycles. The predicted octanol–water partition coefficient (Wildman–Crippen LogP) is 0.128. The fourth-order valence-electron chi connectivity index (χ4n) is 1.80. The van der Waals surface area contributed by atoms with Crippen LogP contribution in [-0.2, 0) is 9.53 Å². The molecule has 0 aromatic heterocycles. The van der Waals surface area contributed by atoms with Gasteiger partial charge in [0.1, 0.15) is 5.60 Å². The van der Waals surface area contributed by atoms with E-state index in [1.165, 1.54) is 0 Å². The van der Waals surface area contributed by atoms with Gasteiger partial charge in [-0.1, -0.05) is 0 Å². The Morgan fingerprint density at radius 2 is 1.83 bits per heavy atom. The maximum absolute atomic E-state index is 11.5. The summed E-state index contributed by atoms with van der Waals surface area (Å²) in [6, 6.07) is 0. The molecule has 0 aromatic carbocycles. The van der Waals surface area contributed by atoms with Crippen molar-refractivity contribution in [1.29, 1.82) is 0 Å². The first kappa shape index (κ1) is 14.7. The van der Waals surface area contributed by atoms with Crippen LogP contribution in [0.4, 0.5) is 4.79 Å². The van der Waals surface area contributed by atoms with Gasteiger partial charge in [-0.05, 0) is 33.6 Å². The van der Waals surface area contributed by atoms with Crippen LogP contribution in [0.3, 0.4) is 0 Å². The highest BCUT2D eigenvalue weighted by molar-refractivity contribution is 5.78. The minimum Gasteiger partial charge on any atom is -0.443 e. The first-order valence-electron chi connectivity index (χ1n) is 6.07. The van der Waals surface area contributed by atoms with Gasteiger partial charge in [0.2, 0.25) is 5.91 Å². The highest BCUT2D eigenvalue weighted by Gasteiger charge is 2.26. The van der Waals surface area contributed by atoms with Crippen LogP contribution in [0.2, 0.25) is 0 Å². The van der Waals surface area contributed by atoms with E-state index in [0.29, 0.717) is 25.9 Å². The zero-order valence-corrected chi connectivity index (χ0v) is 11.2. The lowest BCUT2D eigenvalue weighted by Crippen LogP contribution is -2.50. The van der Waals surface area contributed by atoms with Crippen molar-refractivity contribution in [2.24, 2.45) is 11.8 Å². The molecule has 1 aliphatic rings. The molecule has 1 rings (SSSR count). The number of amides is 2. The average Bonchev–Trinajstić information content (AvgIpc) is 2.26. The predicted molar refractivity (Wildman–Crippen MR) is 66.0 cm³/mol. The fraction of sp³-hybridized carbons (Fsp3) is 0.818. The normalized spacial score (nSPS) is 18.2. The topological polar surface area (TPSA) is 96.7 Å². The highest BCUT2D eigenvalue weighted by Crippen LogP contribution is 2.16. The van der Waals surface area contributed by atoms with Crippen LogP contribution in [0.5, 0.6) is 0 Å². The van der Waals surface area contributed by atoms with Crippen molar-refractivity contribution >= 4 is 12.0 Å². The van der Waals surface area contributed by atoms with Crippen molar-refractivity contribution in [2.45, 2.75) is 39.2 Å². The molecular formula is C11H22N4O3. The molecule has 1 heterocycles. The molecule has 7 nitrogen and oxygen atoms in total. The molecule has 1 fully saturated rings. The number of nitrogens with one attached hydrogen (secondary N) is 2. The monoisotopic (exact) mass is 258 g/mol. The Morgan fingerprint density at radius 1 is 1.28 bits per heavy atom. The van der Waals surface area contributed by atoms with E-state index in [1.54, 1.807) is 5.01 Å². The van der Waals surface area contributed by atoms with E-state index in [-0.39, 0.29) is 11.8 Å². The average molecular weight is 258 g/mol. The highest BCUT2D eigenvalue weighted by atomic mass is 16.6. The summed E-state index contributed by atoms with van der Waals surface area (Å²) in [5, 5.41) is 1.76. The van der Waals surface area contributed by atoms with Gasteiger partial charge in [0.25, 0.3) is 0 Å². The maximum Gasteiger partial charge on any atom is 0.422 e. The van der Waals surface area contributed by atoms with Crippen LogP contribution in [0.1, 0.15) is 33.6 Å². The molecule has 0 unspecified atom stereocenters. The summed E-state index contributed by atoms with van der Waals surface area (Å²) >= 11 is 0. The second kappa shape index (κ2) is 6.01. The van der Waals surface area contributed by atoms with Crippen LogP contribution in [0, 0.1) is 5.92 Å². The van der Waals surface area contributed by atoms with Crippen LogP contribution in [-0.4, -0.2) is 35.7 Å². The van der Waals surface area contributed by atoms with Gasteiger partial charge in [-0.2, -0.15) is 0 Å². The molecule has 2 amide bonds. The number of carbonyl (C=O) groups is 2. The number of nitrogens with two attached hydrogens (primary N) is 1. The molecule has 0 saturated carbocycles. The van der Waals surface area contributed by atoms with Gasteiger partial charge in [0, 0.05) is 19.0 Å². The van der Waals surface area contributed by atoms with E-state index in [0.717, 1.165) is 0 Å². The first-order valence-corrected chi connectivity index (χ1v) is 6.07. The Labute approximate surface area is 107 Å². The van der Waals surface area contributed by atoms with Gasteiger partial charge >= 0.3 is 6.09 Å². The molecule has 18 heavy (non-hydrogen) atoms. The van der Waals surface area contributed by atoms with Gasteiger partial charge in [-0.25, -0.2) is 15.6 Å².